The molecule has 2 heteroatoms. The number of benzene rings is 2. The Hall–Kier alpha value is -2.11. The lowest BCUT2D eigenvalue weighted by Crippen LogP contribution is -2.36. The van der Waals surface area contributed by atoms with E-state index >= 15 is 0 Å². The minimum absolute atomic E-state index is 0.395. The Kier molecular flexibility index (Phi) is 3.53. The molecule has 2 aromatic carbocycles. The molecule has 0 amide bonds. The topological polar surface area (TPSA) is 27.0 Å². The van der Waals surface area contributed by atoms with Gasteiger partial charge in [0, 0.05) is 6.04 Å². The van der Waals surface area contributed by atoms with Crippen LogP contribution in [0.3, 0.4) is 0 Å². The first-order valence-electron chi connectivity index (χ1n) is 7.41. The number of fused-ring (bicyclic) bond motifs is 1. The number of hydrogen-bond acceptors (Lipinski definition) is 2. The Morgan fingerprint density at radius 3 is 2.38 bits per heavy atom. The summed E-state index contributed by atoms with van der Waals surface area (Å²) in [7, 11) is 4.23. The van der Waals surface area contributed by atoms with Crippen molar-refractivity contribution >= 4 is 0 Å². The van der Waals surface area contributed by atoms with E-state index in [2.05, 4.69) is 55.4 Å². The second kappa shape index (κ2) is 5.35. The molecule has 2 unspecified atom stereocenters. The van der Waals surface area contributed by atoms with Crippen LogP contribution in [0.15, 0.2) is 54.6 Å². The third-order valence-corrected chi connectivity index (χ3v) is 4.65. The molecule has 0 heterocycles. The summed E-state index contributed by atoms with van der Waals surface area (Å²) in [6.07, 6.45) is 1.87. The van der Waals surface area contributed by atoms with Gasteiger partial charge in [-0.15, -0.1) is 0 Å². The van der Waals surface area contributed by atoms with E-state index < -0.39 is 5.41 Å². The van der Waals surface area contributed by atoms with Gasteiger partial charge in [0.05, 0.1) is 6.07 Å². The molecular formula is C19H20N2. The van der Waals surface area contributed by atoms with Crippen molar-refractivity contribution < 1.29 is 0 Å². The molecule has 0 aromatic heterocycles. The van der Waals surface area contributed by atoms with Crippen molar-refractivity contribution in [1.29, 1.82) is 5.26 Å². The van der Waals surface area contributed by atoms with E-state index in [-0.39, 0.29) is 0 Å². The third-order valence-electron chi connectivity index (χ3n) is 4.65. The molecule has 0 N–H and O–H groups in total. The van der Waals surface area contributed by atoms with Gasteiger partial charge in [0.2, 0.25) is 0 Å². The van der Waals surface area contributed by atoms with Crippen molar-refractivity contribution in [2.45, 2.75) is 24.3 Å². The minimum Gasteiger partial charge on any atom is -0.302 e. The van der Waals surface area contributed by atoms with Crippen molar-refractivity contribution in [3.05, 3.63) is 71.3 Å². The van der Waals surface area contributed by atoms with Crippen molar-refractivity contribution in [3.63, 3.8) is 0 Å². The molecule has 2 aromatic rings. The van der Waals surface area contributed by atoms with E-state index in [1.807, 2.05) is 24.3 Å². The van der Waals surface area contributed by atoms with Gasteiger partial charge in [0.15, 0.2) is 0 Å². The maximum Gasteiger partial charge on any atom is 0.107 e. The van der Waals surface area contributed by atoms with E-state index in [4.69, 9.17) is 0 Å². The fourth-order valence-corrected chi connectivity index (χ4v) is 3.56. The summed E-state index contributed by atoms with van der Waals surface area (Å²) in [6, 6.07) is 21.7. The van der Waals surface area contributed by atoms with E-state index in [0.29, 0.717) is 6.04 Å². The first-order chi connectivity index (χ1) is 10.2. The summed E-state index contributed by atoms with van der Waals surface area (Å²) in [5, 5.41) is 10.0. The van der Waals surface area contributed by atoms with Crippen LogP contribution in [-0.4, -0.2) is 19.0 Å². The molecule has 106 valence electrons. The fraction of sp³-hybridized carbons (Fsp3) is 0.316. The molecule has 0 spiro atoms. The average Bonchev–Trinajstić information content (AvgIpc) is 2.54. The molecule has 21 heavy (non-hydrogen) atoms. The quantitative estimate of drug-likeness (QED) is 0.832. The van der Waals surface area contributed by atoms with Crippen LogP contribution in [0.4, 0.5) is 0 Å². The monoisotopic (exact) mass is 276 g/mol. The lowest BCUT2D eigenvalue weighted by molar-refractivity contribution is 0.252. The molecule has 0 radical (unpaired) electrons. The van der Waals surface area contributed by atoms with E-state index in [1.54, 1.807) is 0 Å². The molecule has 2 nitrogen and oxygen atoms in total. The molecule has 0 bridgehead atoms. The zero-order valence-electron chi connectivity index (χ0n) is 12.6. The first kappa shape index (κ1) is 13.9. The largest absolute Gasteiger partial charge is 0.302 e. The van der Waals surface area contributed by atoms with Gasteiger partial charge in [-0.3, -0.25) is 0 Å². The summed E-state index contributed by atoms with van der Waals surface area (Å²) < 4.78 is 0. The van der Waals surface area contributed by atoms with Crippen molar-refractivity contribution in [1.82, 2.24) is 4.90 Å². The second-order valence-corrected chi connectivity index (χ2v) is 5.99. The van der Waals surface area contributed by atoms with E-state index in [0.717, 1.165) is 18.4 Å². The Morgan fingerprint density at radius 2 is 1.71 bits per heavy atom. The van der Waals surface area contributed by atoms with Gasteiger partial charge in [-0.25, -0.2) is 0 Å². The molecule has 1 aliphatic rings. The van der Waals surface area contributed by atoms with Gasteiger partial charge < -0.3 is 4.90 Å². The lowest BCUT2D eigenvalue weighted by Gasteiger charge is -2.40. The zero-order chi connectivity index (χ0) is 14.9. The number of nitrogens with zero attached hydrogens (tertiary/aromatic N) is 2. The average molecular weight is 276 g/mol. The van der Waals surface area contributed by atoms with Crippen LogP contribution >= 0.6 is 0 Å². The summed E-state index contributed by atoms with van der Waals surface area (Å²) in [5.41, 5.74) is 3.06. The lowest BCUT2D eigenvalue weighted by atomic mass is 9.65. The van der Waals surface area contributed by atoms with Crippen molar-refractivity contribution in [3.8, 4) is 6.07 Å². The highest BCUT2D eigenvalue weighted by atomic mass is 15.1. The van der Waals surface area contributed by atoms with Gasteiger partial charge in [-0.1, -0.05) is 54.6 Å². The molecular weight excluding hydrogens is 256 g/mol. The maximum absolute atomic E-state index is 10.0. The normalized spacial score (nSPS) is 24.4. The van der Waals surface area contributed by atoms with E-state index in [1.165, 1.54) is 11.1 Å². The highest BCUT2D eigenvalue weighted by Gasteiger charge is 2.41. The second-order valence-electron chi connectivity index (χ2n) is 5.99. The van der Waals surface area contributed by atoms with Crippen molar-refractivity contribution in [2.24, 2.45) is 0 Å². The zero-order valence-corrected chi connectivity index (χ0v) is 12.6. The molecule has 1 aliphatic carbocycles. The summed E-state index contributed by atoms with van der Waals surface area (Å²) in [5.74, 6) is 0. The maximum atomic E-state index is 10.0. The van der Waals surface area contributed by atoms with Crippen molar-refractivity contribution in [2.75, 3.05) is 14.1 Å². The van der Waals surface area contributed by atoms with Crippen LogP contribution < -0.4 is 0 Å². The SMILES string of the molecule is CN(C)C1CCC(C#N)(c2ccccc2)c2ccccc21. The molecule has 3 rings (SSSR count). The Morgan fingerprint density at radius 1 is 1.05 bits per heavy atom. The van der Waals surface area contributed by atoms with Crippen LogP contribution in [0.1, 0.15) is 35.6 Å². The third kappa shape index (κ3) is 2.14. The summed E-state index contributed by atoms with van der Waals surface area (Å²) in [4.78, 5) is 2.26. The highest BCUT2D eigenvalue weighted by molar-refractivity contribution is 5.52. The molecule has 0 saturated carbocycles. The predicted molar refractivity (Wildman–Crippen MR) is 84.9 cm³/mol. The molecule has 0 saturated heterocycles. The fourth-order valence-electron chi connectivity index (χ4n) is 3.56. The number of hydrogen-bond donors (Lipinski definition) is 0. The standard InChI is InChI=1S/C19H20N2/c1-21(2)18-12-13-19(14-20,15-8-4-3-5-9-15)17-11-7-6-10-16(17)18/h3-11,18H,12-13H2,1-2H3. The molecule has 2 atom stereocenters. The van der Waals surface area contributed by atoms with Crippen LogP contribution in [0.2, 0.25) is 0 Å². The molecule has 0 fully saturated rings. The van der Waals surface area contributed by atoms with Gasteiger partial charge in [0.25, 0.3) is 0 Å². The van der Waals surface area contributed by atoms with Gasteiger partial charge >= 0.3 is 0 Å². The van der Waals surface area contributed by atoms with Crippen LogP contribution in [0, 0.1) is 11.3 Å². The number of rotatable bonds is 2. The number of nitriles is 1. The smallest absolute Gasteiger partial charge is 0.107 e. The molecule has 0 aliphatic heterocycles. The van der Waals surface area contributed by atoms with Gasteiger partial charge in [-0.05, 0) is 43.6 Å². The van der Waals surface area contributed by atoms with Crippen LogP contribution in [-0.2, 0) is 5.41 Å². The Labute approximate surface area is 126 Å². The summed E-state index contributed by atoms with van der Waals surface area (Å²) in [6.45, 7) is 0. The predicted octanol–water partition coefficient (Wildman–Crippen LogP) is 3.89. The van der Waals surface area contributed by atoms with Crippen LogP contribution in [0.5, 0.6) is 0 Å². The van der Waals surface area contributed by atoms with Crippen LogP contribution in [0.25, 0.3) is 0 Å². The van der Waals surface area contributed by atoms with Gasteiger partial charge in [0.1, 0.15) is 5.41 Å². The van der Waals surface area contributed by atoms with E-state index in [9.17, 15) is 5.26 Å². The Balaban J connectivity index is 2.21. The first-order valence-corrected chi connectivity index (χ1v) is 7.41. The highest BCUT2D eigenvalue weighted by Crippen LogP contribution is 2.46. The summed E-state index contributed by atoms with van der Waals surface area (Å²) >= 11 is 0. The minimum atomic E-state index is -0.510. The van der Waals surface area contributed by atoms with Gasteiger partial charge in [-0.2, -0.15) is 5.26 Å². The Bertz CT molecular complexity index is 669.